The average Bonchev–Trinajstić information content (AvgIpc) is 2.76. The first-order chi connectivity index (χ1) is 16.3. The number of esters is 1. The lowest BCUT2D eigenvalue weighted by molar-refractivity contribution is -0.179. The van der Waals surface area contributed by atoms with Crippen molar-refractivity contribution < 1.29 is 28.7 Å². The number of carbonyl (C=O) groups excluding carboxylic acids is 3. The number of hydrogen-bond donors (Lipinski definition) is 1. The summed E-state index contributed by atoms with van der Waals surface area (Å²) >= 11 is 0. The first kappa shape index (κ1) is 30.4. The highest BCUT2D eigenvalue weighted by molar-refractivity contribution is 6.76. The van der Waals surface area contributed by atoms with Crippen molar-refractivity contribution in [2.24, 2.45) is 0 Å². The Morgan fingerprint density at radius 2 is 1.74 bits per heavy atom. The standard InChI is InChI=1S/C26H42N2O6Si/c1-26(2,3)34-25(31)27-22(24(30)32-4)15-11-12-18-28(33-19-20-35(5,6)7)23(29)17-16-21-13-9-8-10-14-21/h8-10,13-14,16-17,22H,11-12,15,18-20H2,1-7H3,(H,27,31)/b17-16+/t22-/m0/s1. The van der Waals surface area contributed by atoms with Gasteiger partial charge in [0.15, 0.2) is 0 Å². The fraction of sp³-hybridized carbons (Fsp3) is 0.577. The van der Waals surface area contributed by atoms with Crippen molar-refractivity contribution in [3.63, 3.8) is 0 Å². The van der Waals surface area contributed by atoms with Crippen LogP contribution in [0.3, 0.4) is 0 Å². The topological polar surface area (TPSA) is 94.2 Å². The van der Waals surface area contributed by atoms with Gasteiger partial charge in [-0.1, -0.05) is 50.0 Å². The minimum Gasteiger partial charge on any atom is -0.467 e. The van der Waals surface area contributed by atoms with Crippen LogP contribution in [-0.2, 0) is 23.9 Å². The SMILES string of the molecule is COC(=O)[C@H](CCCCN(OCC[Si](C)(C)C)C(=O)/C=C/c1ccccc1)NC(=O)OC(C)(C)C. The number of hydrogen-bond acceptors (Lipinski definition) is 6. The van der Waals surface area contributed by atoms with E-state index in [1.165, 1.54) is 18.2 Å². The van der Waals surface area contributed by atoms with Crippen molar-refractivity contribution in [2.75, 3.05) is 20.3 Å². The first-order valence-corrected chi connectivity index (χ1v) is 15.8. The zero-order valence-corrected chi connectivity index (χ0v) is 23.3. The van der Waals surface area contributed by atoms with E-state index in [4.69, 9.17) is 14.3 Å². The van der Waals surface area contributed by atoms with Crippen LogP contribution in [0.1, 0.15) is 45.6 Å². The van der Waals surface area contributed by atoms with Gasteiger partial charge in [0.05, 0.1) is 13.7 Å². The van der Waals surface area contributed by atoms with Crippen molar-refractivity contribution in [2.45, 2.75) is 77.4 Å². The summed E-state index contributed by atoms with van der Waals surface area (Å²) in [7, 11) is -0.0415. The molecule has 1 aromatic carbocycles. The maximum Gasteiger partial charge on any atom is 0.408 e. The number of unbranched alkanes of at least 4 members (excludes halogenated alkanes) is 1. The number of amides is 2. The lowest BCUT2D eigenvalue weighted by Crippen LogP contribution is -2.44. The maximum absolute atomic E-state index is 12.8. The molecule has 1 N–H and O–H groups in total. The predicted molar refractivity (Wildman–Crippen MR) is 140 cm³/mol. The Kier molecular flexibility index (Phi) is 12.7. The molecule has 1 rings (SSSR count). The van der Waals surface area contributed by atoms with Crippen LogP contribution in [0.5, 0.6) is 0 Å². The molecular formula is C26H42N2O6Si. The quantitative estimate of drug-likeness (QED) is 0.132. The van der Waals surface area contributed by atoms with Crippen LogP contribution in [0.25, 0.3) is 6.08 Å². The minimum atomic E-state index is -1.32. The molecule has 0 fully saturated rings. The molecule has 0 spiro atoms. The predicted octanol–water partition coefficient (Wildman–Crippen LogP) is 5.03. The molecule has 0 saturated heterocycles. The highest BCUT2D eigenvalue weighted by atomic mass is 28.3. The Hall–Kier alpha value is -2.65. The van der Waals surface area contributed by atoms with Crippen LogP contribution in [0, 0.1) is 0 Å². The molecule has 0 bridgehead atoms. The number of methoxy groups -OCH3 is 1. The Morgan fingerprint density at radius 1 is 1.09 bits per heavy atom. The van der Waals surface area contributed by atoms with E-state index in [-0.39, 0.29) is 5.91 Å². The van der Waals surface area contributed by atoms with Crippen LogP contribution in [0.15, 0.2) is 36.4 Å². The average molecular weight is 507 g/mol. The molecule has 0 saturated carbocycles. The monoisotopic (exact) mass is 506 g/mol. The molecule has 1 atom stereocenters. The molecule has 0 radical (unpaired) electrons. The summed E-state index contributed by atoms with van der Waals surface area (Å²) in [5.74, 6) is -0.776. The summed E-state index contributed by atoms with van der Waals surface area (Å²) in [6.07, 6.45) is 4.09. The van der Waals surface area contributed by atoms with E-state index in [9.17, 15) is 14.4 Å². The summed E-state index contributed by atoms with van der Waals surface area (Å²) in [6.45, 7) is 12.8. The van der Waals surface area contributed by atoms with Gasteiger partial charge in [0.1, 0.15) is 11.6 Å². The van der Waals surface area contributed by atoms with Gasteiger partial charge < -0.3 is 14.8 Å². The number of ether oxygens (including phenoxy) is 2. The highest BCUT2D eigenvalue weighted by Gasteiger charge is 2.25. The molecule has 0 aromatic heterocycles. The lowest BCUT2D eigenvalue weighted by Gasteiger charge is -2.24. The van der Waals surface area contributed by atoms with Gasteiger partial charge >= 0.3 is 12.1 Å². The van der Waals surface area contributed by atoms with Crippen LogP contribution in [0.4, 0.5) is 4.79 Å². The summed E-state index contributed by atoms with van der Waals surface area (Å²) in [4.78, 5) is 42.9. The Morgan fingerprint density at radius 3 is 2.31 bits per heavy atom. The van der Waals surface area contributed by atoms with E-state index in [2.05, 4.69) is 25.0 Å². The fourth-order valence-corrected chi connectivity index (χ4v) is 3.66. The summed E-state index contributed by atoms with van der Waals surface area (Å²) < 4.78 is 10.1. The summed E-state index contributed by atoms with van der Waals surface area (Å²) in [5.41, 5.74) is 0.253. The zero-order valence-electron chi connectivity index (χ0n) is 22.3. The zero-order chi connectivity index (χ0) is 26.5. The number of hydroxylamine groups is 2. The third kappa shape index (κ3) is 14.4. The largest absolute Gasteiger partial charge is 0.467 e. The number of rotatable bonds is 13. The van der Waals surface area contributed by atoms with Gasteiger partial charge in [-0.15, -0.1) is 0 Å². The van der Waals surface area contributed by atoms with Gasteiger partial charge in [-0.3, -0.25) is 9.63 Å². The molecular weight excluding hydrogens is 464 g/mol. The summed E-state index contributed by atoms with van der Waals surface area (Å²) in [5, 5.41) is 3.95. The Bertz CT molecular complexity index is 830. The molecule has 2 amide bonds. The van der Waals surface area contributed by atoms with Gasteiger partial charge in [-0.05, 0) is 57.7 Å². The van der Waals surface area contributed by atoms with E-state index in [0.717, 1.165) is 11.6 Å². The van der Waals surface area contributed by atoms with Gasteiger partial charge in [-0.2, -0.15) is 0 Å². The smallest absolute Gasteiger partial charge is 0.408 e. The molecule has 8 nitrogen and oxygen atoms in total. The van der Waals surface area contributed by atoms with Crippen molar-refractivity contribution in [1.82, 2.24) is 10.4 Å². The van der Waals surface area contributed by atoms with Crippen LogP contribution in [0.2, 0.25) is 25.7 Å². The number of nitrogens with one attached hydrogen (secondary N) is 1. The second-order valence-corrected chi connectivity index (χ2v) is 16.2. The van der Waals surface area contributed by atoms with Crippen LogP contribution >= 0.6 is 0 Å². The molecule has 0 aliphatic rings. The Labute approximate surface area is 211 Å². The molecule has 9 heteroatoms. The van der Waals surface area contributed by atoms with E-state index in [1.54, 1.807) is 26.8 Å². The van der Waals surface area contributed by atoms with Crippen molar-refractivity contribution in [3.8, 4) is 0 Å². The highest BCUT2D eigenvalue weighted by Crippen LogP contribution is 2.12. The molecule has 0 unspecified atom stereocenters. The van der Waals surface area contributed by atoms with Gasteiger partial charge in [0.25, 0.3) is 5.91 Å². The molecule has 1 aromatic rings. The normalized spacial score (nSPS) is 12.8. The lowest BCUT2D eigenvalue weighted by atomic mass is 10.1. The van der Waals surface area contributed by atoms with Gasteiger partial charge in [-0.25, -0.2) is 14.7 Å². The summed E-state index contributed by atoms with van der Waals surface area (Å²) in [6, 6.07) is 9.69. The second-order valence-electron chi connectivity index (χ2n) is 10.5. The first-order valence-electron chi connectivity index (χ1n) is 12.1. The second kappa shape index (κ2) is 14.7. The fourth-order valence-electron chi connectivity index (χ4n) is 2.96. The van der Waals surface area contributed by atoms with Gasteiger partial charge in [0, 0.05) is 20.7 Å². The third-order valence-corrected chi connectivity index (χ3v) is 6.55. The number of benzene rings is 1. The number of carbonyl (C=O) groups is 3. The minimum absolute atomic E-state index is 0.235. The van der Waals surface area contributed by atoms with Crippen LogP contribution < -0.4 is 5.32 Å². The van der Waals surface area contributed by atoms with Gasteiger partial charge in [0.2, 0.25) is 0 Å². The molecule has 0 heterocycles. The third-order valence-electron chi connectivity index (χ3n) is 4.84. The van der Waals surface area contributed by atoms with E-state index in [1.807, 2.05) is 30.3 Å². The Balaban J connectivity index is 2.70. The van der Waals surface area contributed by atoms with E-state index >= 15 is 0 Å². The van der Waals surface area contributed by atoms with Crippen molar-refractivity contribution >= 4 is 32.1 Å². The molecule has 35 heavy (non-hydrogen) atoms. The number of nitrogens with zero attached hydrogens (tertiary/aromatic N) is 1. The van der Waals surface area contributed by atoms with E-state index < -0.39 is 31.8 Å². The van der Waals surface area contributed by atoms with Crippen LogP contribution in [-0.4, -0.2) is 63.0 Å². The number of alkyl carbamates (subject to hydrolysis) is 1. The molecule has 0 aliphatic heterocycles. The van der Waals surface area contributed by atoms with Crippen molar-refractivity contribution in [3.05, 3.63) is 42.0 Å². The van der Waals surface area contributed by atoms with E-state index in [0.29, 0.717) is 32.4 Å². The molecule has 196 valence electrons. The molecule has 0 aliphatic carbocycles. The maximum atomic E-state index is 12.8. The van der Waals surface area contributed by atoms with Crippen molar-refractivity contribution in [1.29, 1.82) is 0 Å².